The lowest BCUT2D eigenvalue weighted by Crippen LogP contribution is -2.41. The molecule has 0 saturated carbocycles. The van der Waals surface area contributed by atoms with Crippen molar-refractivity contribution in [2.24, 2.45) is 17.4 Å². The van der Waals surface area contributed by atoms with E-state index in [2.05, 4.69) is 0 Å². The Morgan fingerprint density at radius 1 is 1.60 bits per heavy atom. The summed E-state index contributed by atoms with van der Waals surface area (Å²) in [5.41, 5.74) is 10.3. The first-order valence-corrected chi connectivity index (χ1v) is 3.14. The first-order valence-electron chi connectivity index (χ1n) is 3.14. The Morgan fingerprint density at radius 3 is 2.10 bits per heavy atom. The molecule has 0 aliphatic carbocycles. The second-order valence-electron chi connectivity index (χ2n) is 2.31. The Balaban J connectivity index is 0. The molecule has 0 radical (unpaired) electrons. The molecule has 0 aliphatic heterocycles. The van der Waals surface area contributed by atoms with Gasteiger partial charge in [-0.1, -0.05) is 20.3 Å². The smallest absolute Gasteiger partial charge is 0.234 e. The molecule has 0 aliphatic rings. The number of carbonyl (C=O) groups excluding carboxylic acids is 1. The van der Waals surface area contributed by atoms with Crippen LogP contribution in [-0.2, 0) is 4.79 Å². The first kappa shape index (κ1) is 12.4. The van der Waals surface area contributed by atoms with Gasteiger partial charge in [0.15, 0.2) is 0 Å². The van der Waals surface area contributed by atoms with Crippen molar-refractivity contribution in [3.05, 3.63) is 0 Å². The second kappa shape index (κ2) is 5.50. The van der Waals surface area contributed by atoms with Gasteiger partial charge in [0.1, 0.15) is 0 Å². The highest BCUT2D eigenvalue weighted by Gasteiger charge is 2.15. The monoisotopic (exact) mass is 166 g/mol. The Hall–Kier alpha value is -0.280. The van der Waals surface area contributed by atoms with Crippen molar-refractivity contribution in [2.45, 2.75) is 26.3 Å². The Morgan fingerprint density at radius 2 is 2.00 bits per heavy atom. The predicted molar refractivity (Wildman–Crippen MR) is 43.9 cm³/mol. The van der Waals surface area contributed by atoms with E-state index in [1.165, 1.54) is 0 Å². The van der Waals surface area contributed by atoms with Gasteiger partial charge in [-0.05, 0) is 5.92 Å². The molecule has 0 bridgehead atoms. The molecule has 3 nitrogen and oxygen atoms in total. The van der Waals surface area contributed by atoms with Crippen molar-refractivity contribution >= 4 is 18.3 Å². The van der Waals surface area contributed by atoms with E-state index in [-0.39, 0.29) is 18.3 Å². The van der Waals surface area contributed by atoms with E-state index in [0.29, 0.717) is 0 Å². The molecule has 2 atom stereocenters. The van der Waals surface area contributed by atoms with Gasteiger partial charge in [-0.2, -0.15) is 0 Å². The summed E-state index contributed by atoms with van der Waals surface area (Å²) < 4.78 is 0. The molecule has 62 valence electrons. The van der Waals surface area contributed by atoms with Gasteiger partial charge < -0.3 is 11.5 Å². The average Bonchev–Trinajstić information content (AvgIpc) is 1.84. The highest BCUT2D eigenvalue weighted by molar-refractivity contribution is 5.85. The fourth-order valence-electron chi connectivity index (χ4n) is 0.534. The highest BCUT2D eigenvalue weighted by Crippen LogP contribution is 2.03. The van der Waals surface area contributed by atoms with Crippen LogP contribution in [-0.4, -0.2) is 11.9 Å². The molecular weight excluding hydrogens is 152 g/mol. The zero-order valence-electron chi connectivity index (χ0n) is 6.33. The van der Waals surface area contributed by atoms with Crippen LogP contribution in [0, 0.1) is 5.92 Å². The van der Waals surface area contributed by atoms with Crippen LogP contribution in [0.1, 0.15) is 20.3 Å². The number of rotatable bonds is 3. The number of hydrogen-bond donors (Lipinski definition) is 2. The molecule has 1 amide bonds. The van der Waals surface area contributed by atoms with Gasteiger partial charge in [0.2, 0.25) is 5.91 Å². The minimum absolute atomic E-state index is 0. The number of nitrogens with two attached hydrogens (primary N) is 2. The fraction of sp³-hybridized carbons (Fsp3) is 0.833. The van der Waals surface area contributed by atoms with Gasteiger partial charge in [-0.15, -0.1) is 12.4 Å². The lowest BCUT2D eigenvalue weighted by Gasteiger charge is -2.13. The predicted octanol–water partition coefficient (Wildman–Crippen LogP) is 0.267. The standard InChI is InChI=1S/C6H14N2O.ClH/c1-3-4(2)5(7)6(8)9;/h4-5H,3,7H2,1-2H3,(H2,8,9);1H/t4?,5-;/m1./s1. The quantitative estimate of drug-likeness (QED) is 0.632. The topological polar surface area (TPSA) is 69.1 Å². The Labute approximate surface area is 67.6 Å². The summed E-state index contributed by atoms with van der Waals surface area (Å²) in [5, 5.41) is 0. The molecule has 4 heteroatoms. The van der Waals surface area contributed by atoms with Crippen LogP contribution in [0.15, 0.2) is 0 Å². The van der Waals surface area contributed by atoms with E-state index >= 15 is 0 Å². The molecule has 1 unspecified atom stereocenters. The zero-order chi connectivity index (χ0) is 7.44. The number of hydrogen-bond acceptors (Lipinski definition) is 2. The molecule has 4 N–H and O–H groups in total. The van der Waals surface area contributed by atoms with Crippen LogP contribution in [0.5, 0.6) is 0 Å². The molecule has 10 heavy (non-hydrogen) atoms. The number of halogens is 1. The molecule has 0 spiro atoms. The van der Waals surface area contributed by atoms with Gasteiger partial charge in [-0.25, -0.2) is 0 Å². The van der Waals surface area contributed by atoms with Crippen molar-refractivity contribution < 1.29 is 4.79 Å². The van der Waals surface area contributed by atoms with E-state index in [1.54, 1.807) is 0 Å². The summed E-state index contributed by atoms with van der Waals surface area (Å²) in [6, 6.07) is -0.477. The van der Waals surface area contributed by atoms with E-state index in [0.717, 1.165) is 6.42 Å². The van der Waals surface area contributed by atoms with Gasteiger partial charge in [0.25, 0.3) is 0 Å². The lowest BCUT2D eigenvalue weighted by atomic mass is 10.00. The third-order valence-electron chi connectivity index (χ3n) is 1.59. The average molecular weight is 167 g/mol. The van der Waals surface area contributed by atoms with E-state index < -0.39 is 11.9 Å². The summed E-state index contributed by atoms with van der Waals surface area (Å²) in [6.45, 7) is 3.89. The minimum atomic E-state index is -0.477. The van der Waals surface area contributed by atoms with E-state index in [9.17, 15) is 4.79 Å². The Bertz CT molecular complexity index is 108. The Kier molecular flexibility index (Phi) is 6.82. The second-order valence-corrected chi connectivity index (χ2v) is 2.31. The van der Waals surface area contributed by atoms with Crippen LogP contribution in [0.2, 0.25) is 0 Å². The minimum Gasteiger partial charge on any atom is -0.368 e. The van der Waals surface area contributed by atoms with Crippen molar-refractivity contribution in [1.82, 2.24) is 0 Å². The van der Waals surface area contributed by atoms with Gasteiger partial charge in [-0.3, -0.25) is 4.79 Å². The molecular formula is C6H15ClN2O. The molecule has 0 fully saturated rings. The fourth-order valence-corrected chi connectivity index (χ4v) is 0.534. The van der Waals surface area contributed by atoms with Crippen molar-refractivity contribution in [3.8, 4) is 0 Å². The lowest BCUT2D eigenvalue weighted by molar-refractivity contribution is -0.120. The third-order valence-corrected chi connectivity index (χ3v) is 1.59. The van der Waals surface area contributed by atoms with Gasteiger partial charge >= 0.3 is 0 Å². The third kappa shape index (κ3) is 3.69. The van der Waals surface area contributed by atoms with Crippen LogP contribution in [0.4, 0.5) is 0 Å². The maximum absolute atomic E-state index is 10.4. The molecule has 0 rings (SSSR count). The van der Waals surface area contributed by atoms with Crippen molar-refractivity contribution in [1.29, 1.82) is 0 Å². The molecule has 0 aromatic carbocycles. The van der Waals surface area contributed by atoms with Crippen LogP contribution >= 0.6 is 12.4 Å². The van der Waals surface area contributed by atoms with Crippen molar-refractivity contribution in [2.75, 3.05) is 0 Å². The molecule has 0 aromatic rings. The van der Waals surface area contributed by atoms with Gasteiger partial charge in [0.05, 0.1) is 6.04 Å². The molecule has 0 aromatic heterocycles. The van der Waals surface area contributed by atoms with Crippen LogP contribution < -0.4 is 11.5 Å². The van der Waals surface area contributed by atoms with Crippen LogP contribution in [0.3, 0.4) is 0 Å². The maximum atomic E-state index is 10.4. The van der Waals surface area contributed by atoms with Crippen molar-refractivity contribution in [3.63, 3.8) is 0 Å². The van der Waals surface area contributed by atoms with E-state index in [1.807, 2.05) is 13.8 Å². The van der Waals surface area contributed by atoms with E-state index in [4.69, 9.17) is 11.5 Å². The normalized spacial score (nSPS) is 15.1. The number of primary amides is 1. The molecule has 0 saturated heterocycles. The summed E-state index contributed by atoms with van der Waals surface area (Å²) in [4.78, 5) is 10.4. The SMILES string of the molecule is CCC(C)[C@@H](N)C(N)=O.Cl. The summed E-state index contributed by atoms with van der Waals surface area (Å²) >= 11 is 0. The molecule has 0 heterocycles. The zero-order valence-corrected chi connectivity index (χ0v) is 7.15. The van der Waals surface area contributed by atoms with Crippen LogP contribution in [0.25, 0.3) is 0 Å². The number of amides is 1. The summed E-state index contributed by atoms with van der Waals surface area (Å²) in [7, 11) is 0. The summed E-state index contributed by atoms with van der Waals surface area (Å²) in [5.74, 6) is -0.216. The first-order chi connectivity index (χ1) is 4.09. The highest BCUT2D eigenvalue weighted by atomic mass is 35.5. The largest absolute Gasteiger partial charge is 0.368 e. The maximum Gasteiger partial charge on any atom is 0.234 e. The summed E-state index contributed by atoms with van der Waals surface area (Å²) in [6.07, 6.45) is 0.893. The van der Waals surface area contributed by atoms with Gasteiger partial charge in [0, 0.05) is 0 Å². The number of carbonyl (C=O) groups is 1.